The van der Waals surface area contributed by atoms with Gasteiger partial charge in [-0.3, -0.25) is 9.10 Å². The molecule has 1 aliphatic rings. The zero-order valence-electron chi connectivity index (χ0n) is 18.8. The van der Waals surface area contributed by atoms with E-state index in [4.69, 9.17) is 4.74 Å². The molecule has 1 amide bonds. The SMILES string of the molecule is CCC1(CC)CC(NC(=O)CCCN(c2ccc(F)cc2)S(C)(=O)=O)c2ccccc2O1. The van der Waals surface area contributed by atoms with Crippen molar-refractivity contribution in [2.75, 3.05) is 17.1 Å². The van der Waals surface area contributed by atoms with Gasteiger partial charge in [-0.2, -0.15) is 0 Å². The Hall–Kier alpha value is -2.61. The summed E-state index contributed by atoms with van der Waals surface area (Å²) in [6, 6.07) is 12.9. The van der Waals surface area contributed by atoms with Crippen molar-refractivity contribution >= 4 is 21.6 Å². The minimum absolute atomic E-state index is 0.135. The summed E-state index contributed by atoms with van der Waals surface area (Å²) in [6.45, 7) is 4.31. The molecule has 32 heavy (non-hydrogen) atoms. The lowest BCUT2D eigenvalue weighted by Crippen LogP contribution is -2.44. The normalized spacial score (nSPS) is 17.2. The van der Waals surface area contributed by atoms with Crippen LogP contribution in [0.25, 0.3) is 0 Å². The summed E-state index contributed by atoms with van der Waals surface area (Å²) in [5.74, 6) is 0.223. The maximum Gasteiger partial charge on any atom is 0.232 e. The number of hydrogen-bond donors (Lipinski definition) is 1. The van der Waals surface area contributed by atoms with Crippen molar-refractivity contribution in [1.29, 1.82) is 0 Å². The molecule has 8 heteroatoms. The second-order valence-electron chi connectivity index (χ2n) is 8.27. The fraction of sp³-hybridized carbons (Fsp3) is 0.458. The molecule has 1 heterocycles. The number of nitrogens with one attached hydrogen (secondary N) is 1. The number of halogens is 1. The lowest BCUT2D eigenvalue weighted by atomic mass is 9.83. The van der Waals surface area contributed by atoms with E-state index in [0.717, 1.165) is 30.4 Å². The van der Waals surface area contributed by atoms with E-state index in [0.29, 0.717) is 18.5 Å². The second kappa shape index (κ2) is 9.90. The molecule has 1 unspecified atom stereocenters. The highest BCUT2D eigenvalue weighted by atomic mass is 32.2. The quantitative estimate of drug-likeness (QED) is 0.592. The molecule has 0 saturated carbocycles. The predicted octanol–water partition coefficient (Wildman–Crippen LogP) is 4.57. The molecule has 1 N–H and O–H groups in total. The van der Waals surface area contributed by atoms with Gasteiger partial charge in [-0.25, -0.2) is 12.8 Å². The number of rotatable bonds is 9. The van der Waals surface area contributed by atoms with E-state index in [2.05, 4.69) is 19.2 Å². The Morgan fingerprint density at radius 3 is 2.44 bits per heavy atom. The minimum Gasteiger partial charge on any atom is -0.487 e. The summed E-state index contributed by atoms with van der Waals surface area (Å²) in [4.78, 5) is 12.8. The fourth-order valence-electron chi connectivity index (χ4n) is 4.17. The molecular formula is C24H31FN2O4S. The molecule has 0 bridgehead atoms. The van der Waals surface area contributed by atoms with E-state index in [1.165, 1.54) is 28.6 Å². The molecular weight excluding hydrogens is 431 g/mol. The largest absolute Gasteiger partial charge is 0.487 e. The van der Waals surface area contributed by atoms with E-state index in [1.807, 2.05) is 24.3 Å². The first-order valence-electron chi connectivity index (χ1n) is 11.0. The first-order valence-corrected chi connectivity index (χ1v) is 12.8. The van der Waals surface area contributed by atoms with Crippen LogP contribution in [-0.2, 0) is 14.8 Å². The Bertz CT molecular complexity index is 1040. The van der Waals surface area contributed by atoms with Crippen LogP contribution in [0, 0.1) is 5.82 Å². The Balaban J connectivity index is 1.65. The van der Waals surface area contributed by atoms with Crippen LogP contribution in [0.15, 0.2) is 48.5 Å². The summed E-state index contributed by atoms with van der Waals surface area (Å²) in [6.07, 6.45) is 3.99. The van der Waals surface area contributed by atoms with Crippen molar-refractivity contribution in [2.24, 2.45) is 0 Å². The number of carbonyl (C=O) groups is 1. The Kier molecular flexibility index (Phi) is 7.44. The van der Waals surface area contributed by atoms with Gasteiger partial charge in [-0.15, -0.1) is 0 Å². The fourth-order valence-corrected chi connectivity index (χ4v) is 5.14. The van der Waals surface area contributed by atoms with Gasteiger partial charge < -0.3 is 10.1 Å². The number of carbonyl (C=O) groups excluding carboxylic acids is 1. The van der Waals surface area contributed by atoms with Gasteiger partial charge in [-0.1, -0.05) is 32.0 Å². The lowest BCUT2D eigenvalue weighted by Gasteiger charge is -2.41. The van der Waals surface area contributed by atoms with E-state index in [1.54, 1.807) is 0 Å². The minimum atomic E-state index is -3.56. The summed E-state index contributed by atoms with van der Waals surface area (Å²) in [5.41, 5.74) is 1.02. The average Bonchev–Trinajstić information content (AvgIpc) is 2.76. The number of para-hydroxylation sites is 1. The Labute approximate surface area is 189 Å². The lowest BCUT2D eigenvalue weighted by molar-refractivity contribution is -0.122. The molecule has 0 aromatic heterocycles. The molecule has 1 aliphatic heterocycles. The van der Waals surface area contributed by atoms with Crippen molar-refractivity contribution in [1.82, 2.24) is 5.32 Å². The van der Waals surface area contributed by atoms with Crippen molar-refractivity contribution in [2.45, 2.75) is 57.6 Å². The summed E-state index contributed by atoms with van der Waals surface area (Å²) >= 11 is 0. The van der Waals surface area contributed by atoms with Gasteiger partial charge >= 0.3 is 0 Å². The first-order chi connectivity index (χ1) is 15.2. The molecule has 0 aliphatic carbocycles. The molecule has 6 nitrogen and oxygen atoms in total. The van der Waals surface area contributed by atoms with Crippen LogP contribution in [0.4, 0.5) is 10.1 Å². The number of benzene rings is 2. The van der Waals surface area contributed by atoms with Crippen LogP contribution in [0.3, 0.4) is 0 Å². The Morgan fingerprint density at radius 1 is 1.16 bits per heavy atom. The van der Waals surface area contributed by atoms with Gasteiger partial charge in [-0.05, 0) is 49.6 Å². The van der Waals surface area contributed by atoms with Crippen LogP contribution < -0.4 is 14.4 Å². The molecule has 0 radical (unpaired) electrons. The van der Waals surface area contributed by atoms with Crippen LogP contribution in [0.1, 0.15) is 57.6 Å². The van der Waals surface area contributed by atoms with Crippen molar-refractivity contribution in [3.05, 3.63) is 59.9 Å². The average molecular weight is 463 g/mol. The predicted molar refractivity (Wildman–Crippen MR) is 124 cm³/mol. The maximum absolute atomic E-state index is 13.2. The summed E-state index contributed by atoms with van der Waals surface area (Å²) in [5, 5.41) is 3.12. The number of sulfonamides is 1. The molecule has 0 spiro atoms. The van der Waals surface area contributed by atoms with Gasteiger partial charge in [0.2, 0.25) is 15.9 Å². The van der Waals surface area contributed by atoms with E-state index >= 15 is 0 Å². The van der Waals surface area contributed by atoms with Crippen LogP contribution in [-0.4, -0.2) is 32.7 Å². The third kappa shape index (κ3) is 5.59. The highest BCUT2D eigenvalue weighted by molar-refractivity contribution is 7.92. The van der Waals surface area contributed by atoms with Crippen molar-refractivity contribution in [3.8, 4) is 5.75 Å². The zero-order valence-corrected chi connectivity index (χ0v) is 19.6. The third-order valence-corrected chi connectivity index (χ3v) is 7.29. The first kappa shape index (κ1) is 24.0. The van der Waals surface area contributed by atoms with E-state index in [9.17, 15) is 17.6 Å². The number of fused-ring (bicyclic) bond motifs is 1. The number of hydrogen-bond acceptors (Lipinski definition) is 4. The highest BCUT2D eigenvalue weighted by Crippen LogP contribution is 2.42. The Morgan fingerprint density at radius 2 is 1.81 bits per heavy atom. The monoisotopic (exact) mass is 462 g/mol. The van der Waals surface area contributed by atoms with Crippen LogP contribution >= 0.6 is 0 Å². The molecule has 1 atom stereocenters. The smallest absolute Gasteiger partial charge is 0.232 e. The molecule has 0 saturated heterocycles. The number of nitrogens with zero attached hydrogens (tertiary/aromatic N) is 1. The molecule has 3 rings (SSSR count). The number of anilines is 1. The van der Waals surface area contributed by atoms with Gasteiger partial charge in [0.05, 0.1) is 18.0 Å². The van der Waals surface area contributed by atoms with Crippen LogP contribution in [0.2, 0.25) is 0 Å². The maximum atomic E-state index is 13.2. The molecule has 2 aromatic rings. The van der Waals surface area contributed by atoms with Gasteiger partial charge in [0, 0.05) is 24.9 Å². The zero-order chi connectivity index (χ0) is 23.4. The molecule has 2 aromatic carbocycles. The van der Waals surface area contributed by atoms with E-state index < -0.39 is 15.8 Å². The van der Waals surface area contributed by atoms with Crippen LogP contribution in [0.5, 0.6) is 5.75 Å². The second-order valence-corrected chi connectivity index (χ2v) is 10.2. The highest BCUT2D eigenvalue weighted by Gasteiger charge is 2.38. The molecule has 174 valence electrons. The summed E-state index contributed by atoms with van der Waals surface area (Å²) in [7, 11) is -3.56. The van der Waals surface area contributed by atoms with Gasteiger partial charge in [0.1, 0.15) is 17.2 Å². The topological polar surface area (TPSA) is 75.7 Å². The van der Waals surface area contributed by atoms with Crippen molar-refractivity contribution in [3.63, 3.8) is 0 Å². The van der Waals surface area contributed by atoms with E-state index in [-0.39, 0.29) is 30.5 Å². The standard InChI is InChI=1S/C24H31FN2O4S/c1-4-24(5-2)17-21(20-9-6-7-10-22(20)31-24)26-23(28)11-8-16-27(32(3,29)30)19-14-12-18(25)13-15-19/h6-7,9-10,12-15,21H,4-5,8,11,16-17H2,1-3H3,(H,26,28). The summed E-state index contributed by atoms with van der Waals surface area (Å²) < 4.78 is 45.1. The third-order valence-electron chi connectivity index (χ3n) is 6.10. The molecule has 0 fully saturated rings. The van der Waals surface area contributed by atoms with Crippen molar-refractivity contribution < 1.29 is 22.3 Å². The number of ether oxygens (including phenoxy) is 1. The van der Waals surface area contributed by atoms with Gasteiger partial charge in [0.25, 0.3) is 0 Å². The van der Waals surface area contributed by atoms with Gasteiger partial charge in [0.15, 0.2) is 0 Å². The number of amides is 1.